The lowest BCUT2D eigenvalue weighted by molar-refractivity contribution is -0.000412. The Hall–Kier alpha value is -2.19. The van der Waals surface area contributed by atoms with Gasteiger partial charge < -0.3 is 29.1 Å². The average molecular weight is 427 g/mol. The van der Waals surface area contributed by atoms with Crippen LogP contribution >= 0.6 is 0 Å². The zero-order valence-electron chi connectivity index (χ0n) is 19.7. The highest BCUT2D eigenvalue weighted by atomic mass is 16.6. The van der Waals surface area contributed by atoms with Crippen LogP contribution < -0.4 is 0 Å². The molecule has 2 heterocycles. The maximum absolute atomic E-state index is 13.2. The van der Waals surface area contributed by atoms with E-state index >= 15 is 0 Å². The van der Waals surface area contributed by atoms with Gasteiger partial charge in [0.25, 0.3) is 0 Å². The summed E-state index contributed by atoms with van der Waals surface area (Å²) in [6.07, 6.45) is -0.693. The van der Waals surface area contributed by atoms with Crippen LogP contribution in [0.15, 0.2) is 0 Å². The fourth-order valence-electron chi connectivity index (χ4n) is 3.63. The van der Waals surface area contributed by atoms with Crippen LogP contribution in [0.3, 0.4) is 0 Å². The Kier molecular flexibility index (Phi) is 7.14. The summed E-state index contributed by atoms with van der Waals surface area (Å²) in [6, 6.07) is -0.285. The van der Waals surface area contributed by atoms with E-state index in [4.69, 9.17) is 9.47 Å². The summed E-state index contributed by atoms with van der Waals surface area (Å²) in [4.78, 5) is 44.7. The summed E-state index contributed by atoms with van der Waals surface area (Å²) >= 11 is 0. The van der Waals surface area contributed by atoms with Crippen LogP contribution in [-0.4, -0.2) is 100 Å². The molecule has 4 amide bonds. The van der Waals surface area contributed by atoms with Gasteiger partial charge in [0.2, 0.25) is 0 Å². The van der Waals surface area contributed by atoms with E-state index in [2.05, 4.69) is 0 Å². The van der Waals surface area contributed by atoms with Crippen LogP contribution in [0, 0.1) is 0 Å². The van der Waals surface area contributed by atoms with E-state index in [1.165, 1.54) is 0 Å². The molecule has 0 aliphatic carbocycles. The van der Waals surface area contributed by atoms with Gasteiger partial charge in [-0.05, 0) is 55.4 Å². The first-order valence-electron chi connectivity index (χ1n) is 10.7. The van der Waals surface area contributed by atoms with Crippen molar-refractivity contribution in [2.75, 3.05) is 39.3 Å². The molecule has 0 aromatic heterocycles. The van der Waals surface area contributed by atoms with Gasteiger partial charge in [-0.2, -0.15) is 0 Å². The summed E-state index contributed by atoms with van der Waals surface area (Å²) in [5.74, 6) is 0. The predicted octanol–water partition coefficient (Wildman–Crippen LogP) is 2.99. The third-order valence-corrected chi connectivity index (χ3v) is 5.05. The molecular weight excluding hydrogens is 388 g/mol. The Morgan fingerprint density at radius 2 is 1.00 bits per heavy atom. The van der Waals surface area contributed by atoms with Crippen LogP contribution in [0.4, 0.5) is 14.4 Å². The van der Waals surface area contributed by atoms with E-state index < -0.39 is 11.2 Å². The quantitative estimate of drug-likeness (QED) is 0.595. The molecule has 2 aliphatic rings. The number of carbonyl (C=O) groups excluding carboxylic acids is 3. The molecule has 2 rings (SSSR count). The molecule has 0 aromatic rings. The van der Waals surface area contributed by atoms with Crippen LogP contribution in [0.25, 0.3) is 0 Å². The van der Waals surface area contributed by atoms with E-state index in [0.717, 1.165) is 0 Å². The highest BCUT2D eigenvalue weighted by Crippen LogP contribution is 2.20. The number of ether oxygens (including phenoxy) is 2. The number of carbonyl (C=O) groups is 3. The minimum atomic E-state index is -0.545. The standard InChI is InChI=1S/C21H38N4O5/c1-15-13-22(18(27)29-20(3,4)5)9-11-24(15)17(26)25-12-10-23(14-16(25)2)19(28)30-21(6,7)8/h15-16H,9-14H2,1-8H3. The first-order chi connectivity index (χ1) is 13.7. The Morgan fingerprint density at radius 1 is 0.667 bits per heavy atom. The first-order valence-corrected chi connectivity index (χ1v) is 10.7. The smallest absolute Gasteiger partial charge is 0.410 e. The van der Waals surface area contributed by atoms with Crippen LogP contribution in [0.5, 0.6) is 0 Å². The topological polar surface area (TPSA) is 82.6 Å². The van der Waals surface area contributed by atoms with Crippen molar-refractivity contribution in [3.8, 4) is 0 Å². The van der Waals surface area contributed by atoms with E-state index in [9.17, 15) is 14.4 Å². The fourth-order valence-corrected chi connectivity index (χ4v) is 3.63. The van der Waals surface area contributed by atoms with E-state index in [1.54, 1.807) is 19.6 Å². The summed E-state index contributed by atoms with van der Waals surface area (Å²) < 4.78 is 10.9. The molecule has 0 saturated carbocycles. The number of hydrogen-bond donors (Lipinski definition) is 0. The van der Waals surface area contributed by atoms with Crippen LogP contribution in [0.1, 0.15) is 55.4 Å². The number of amides is 4. The lowest BCUT2D eigenvalue weighted by atomic mass is 10.1. The summed E-state index contributed by atoms with van der Waals surface area (Å²) in [5, 5.41) is 0. The monoisotopic (exact) mass is 426 g/mol. The number of hydrogen-bond acceptors (Lipinski definition) is 5. The van der Waals surface area contributed by atoms with E-state index in [1.807, 2.05) is 55.4 Å². The number of nitrogens with zero attached hydrogens (tertiary/aromatic N) is 4. The van der Waals surface area contributed by atoms with Gasteiger partial charge in [0, 0.05) is 51.4 Å². The minimum absolute atomic E-state index is 0.0531. The van der Waals surface area contributed by atoms with Crippen molar-refractivity contribution in [1.82, 2.24) is 19.6 Å². The van der Waals surface area contributed by atoms with Crippen LogP contribution in [-0.2, 0) is 9.47 Å². The average Bonchev–Trinajstić information content (AvgIpc) is 2.58. The Morgan fingerprint density at radius 3 is 1.27 bits per heavy atom. The molecule has 2 unspecified atom stereocenters. The van der Waals surface area contributed by atoms with Crippen LogP contribution in [0.2, 0.25) is 0 Å². The molecule has 0 radical (unpaired) electrons. The summed E-state index contributed by atoms with van der Waals surface area (Å²) in [6.45, 7) is 17.6. The normalized spacial score (nSPS) is 23.3. The van der Waals surface area contributed by atoms with Gasteiger partial charge in [-0.15, -0.1) is 0 Å². The highest BCUT2D eigenvalue weighted by Gasteiger charge is 2.38. The molecule has 0 aromatic carbocycles. The maximum Gasteiger partial charge on any atom is 0.410 e. The zero-order valence-corrected chi connectivity index (χ0v) is 19.7. The molecule has 30 heavy (non-hydrogen) atoms. The van der Waals surface area contributed by atoms with Crippen molar-refractivity contribution in [3.05, 3.63) is 0 Å². The van der Waals surface area contributed by atoms with Gasteiger partial charge in [0.1, 0.15) is 11.2 Å². The van der Waals surface area contributed by atoms with E-state index in [0.29, 0.717) is 39.3 Å². The van der Waals surface area contributed by atoms with Gasteiger partial charge in [0.05, 0.1) is 0 Å². The number of urea groups is 1. The molecular formula is C21H38N4O5. The lowest BCUT2D eigenvalue weighted by Gasteiger charge is -2.46. The van der Waals surface area contributed by atoms with Crippen molar-refractivity contribution >= 4 is 18.2 Å². The molecule has 9 heteroatoms. The maximum atomic E-state index is 13.2. The van der Waals surface area contributed by atoms with Gasteiger partial charge >= 0.3 is 18.2 Å². The number of piperazine rings is 2. The van der Waals surface area contributed by atoms with Crippen molar-refractivity contribution in [2.24, 2.45) is 0 Å². The molecule has 2 aliphatic heterocycles. The highest BCUT2D eigenvalue weighted by molar-refractivity contribution is 5.77. The molecule has 0 spiro atoms. The molecule has 9 nitrogen and oxygen atoms in total. The zero-order chi connectivity index (χ0) is 22.9. The fraction of sp³-hybridized carbons (Fsp3) is 0.857. The third-order valence-electron chi connectivity index (χ3n) is 5.05. The second kappa shape index (κ2) is 8.89. The summed E-state index contributed by atoms with van der Waals surface area (Å²) in [5.41, 5.74) is -1.09. The van der Waals surface area contributed by atoms with Gasteiger partial charge in [-0.3, -0.25) is 0 Å². The molecule has 2 saturated heterocycles. The lowest BCUT2D eigenvalue weighted by Crippen LogP contribution is -2.63. The van der Waals surface area contributed by atoms with Gasteiger partial charge in [-0.1, -0.05) is 0 Å². The van der Waals surface area contributed by atoms with Crippen molar-refractivity contribution in [2.45, 2.75) is 78.7 Å². The second-order valence-corrected chi connectivity index (χ2v) is 10.2. The molecule has 172 valence electrons. The molecule has 0 N–H and O–H groups in total. The summed E-state index contributed by atoms with van der Waals surface area (Å²) in [7, 11) is 0. The molecule has 2 atom stereocenters. The first kappa shape index (κ1) is 24.1. The van der Waals surface area contributed by atoms with Crippen molar-refractivity contribution in [1.29, 1.82) is 0 Å². The Balaban J connectivity index is 1.92. The van der Waals surface area contributed by atoms with Crippen molar-refractivity contribution < 1.29 is 23.9 Å². The Bertz CT molecular complexity index is 601. The predicted molar refractivity (Wildman–Crippen MR) is 113 cm³/mol. The Labute approximate surface area is 180 Å². The largest absolute Gasteiger partial charge is 0.444 e. The molecule has 0 bridgehead atoms. The van der Waals surface area contributed by atoms with Gasteiger partial charge in [0.15, 0.2) is 0 Å². The second-order valence-electron chi connectivity index (χ2n) is 10.2. The third kappa shape index (κ3) is 6.40. The van der Waals surface area contributed by atoms with Gasteiger partial charge in [-0.25, -0.2) is 14.4 Å². The molecule has 2 fully saturated rings. The van der Waals surface area contributed by atoms with Crippen molar-refractivity contribution in [3.63, 3.8) is 0 Å². The SMILES string of the molecule is CC1CN(C(=O)OC(C)(C)C)CCN1C(=O)N1CCN(C(=O)OC(C)(C)C)CC1C. The van der Waals surface area contributed by atoms with E-state index in [-0.39, 0.29) is 30.3 Å². The number of rotatable bonds is 0. The minimum Gasteiger partial charge on any atom is -0.444 e.